The first kappa shape index (κ1) is 12.5. The normalized spacial score (nSPS) is 15.7. The number of allylic oxidation sites excluding steroid dienone is 4. The average molecular weight is 180 g/mol. The molecule has 0 rings (SSSR count). The summed E-state index contributed by atoms with van der Waals surface area (Å²) in [5, 5.41) is 0. The molecule has 1 unspecified atom stereocenters. The molecule has 0 aliphatic carbocycles. The van der Waals surface area contributed by atoms with Crippen molar-refractivity contribution in [3.8, 4) is 0 Å². The maximum atomic E-state index is 2.33. The van der Waals surface area contributed by atoms with Gasteiger partial charge in [0.15, 0.2) is 0 Å². The van der Waals surface area contributed by atoms with Crippen molar-refractivity contribution in [2.24, 2.45) is 11.8 Å². The van der Waals surface area contributed by atoms with Crippen molar-refractivity contribution in [1.82, 2.24) is 0 Å². The van der Waals surface area contributed by atoms with Gasteiger partial charge < -0.3 is 0 Å². The van der Waals surface area contributed by atoms with E-state index in [0.717, 1.165) is 5.92 Å². The van der Waals surface area contributed by atoms with Crippen LogP contribution in [-0.2, 0) is 0 Å². The molecule has 13 heavy (non-hydrogen) atoms. The van der Waals surface area contributed by atoms with Crippen LogP contribution in [-0.4, -0.2) is 0 Å². The molecule has 0 radical (unpaired) electrons. The molecule has 0 amide bonds. The van der Waals surface area contributed by atoms with Crippen LogP contribution in [0.25, 0.3) is 0 Å². The minimum atomic E-state index is 0.685. The van der Waals surface area contributed by atoms with Gasteiger partial charge in [-0.25, -0.2) is 0 Å². The van der Waals surface area contributed by atoms with E-state index in [4.69, 9.17) is 0 Å². The van der Waals surface area contributed by atoms with Crippen molar-refractivity contribution >= 4 is 0 Å². The van der Waals surface area contributed by atoms with Crippen LogP contribution in [0.2, 0.25) is 0 Å². The van der Waals surface area contributed by atoms with Crippen LogP contribution in [0.5, 0.6) is 0 Å². The lowest BCUT2D eigenvalue weighted by Gasteiger charge is -2.15. The molecule has 0 spiro atoms. The standard InChI is InChI=1S/C13H24/c1-6-8-9-13(11(3)4)10-12(5)7-2/h6,8-9,11-12H,7,10H2,1-5H3/b8-6-,13-9-. The monoisotopic (exact) mass is 180 g/mol. The van der Waals surface area contributed by atoms with E-state index in [9.17, 15) is 0 Å². The van der Waals surface area contributed by atoms with E-state index in [1.807, 2.05) is 0 Å². The largest absolute Gasteiger partial charge is 0.0877 e. The van der Waals surface area contributed by atoms with E-state index in [2.05, 4.69) is 52.8 Å². The van der Waals surface area contributed by atoms with Crippen molar-refractivity contribution in [2.45, 2.75) is 47.5 Å². The molecular weight excluding hydrogens is 156 g/mol. The molecule has 0 fully saturated rings. The number of hydrogen-bond acceptors (Lipinski definition) is 0. The van der Waals surface area contributed by atoms with E-state index >= 15 is 0 Å². The highest BCUT2D eigenvalue weighted by atomic mass is 14.1. The Kier molecular flexibility index (Phi) is 6.66. The van der Waals surface area contributed by atoms with Gasteiger partial charge in [0.2, 0.25) is 0 Å². The molecule has 0 aliphatic rings. The van der Waals surface area contributed by atoms with Crippen LogP contribution >= 0.6 is 0 Å². The van der Waals surface area contributed by atoms with Gasteiger partial charge in [-0.2, -0.15) is 0 Å². The van der Waals surface area contributed by atoms with E-state index in [0.29, 0.717) is 5.92 Å². The Morgan fingerprint density at radius 1 is 1.23 bits per heavy atom. The smallest absolute Gasteiger partial charge is 0.0257 e. The summed E-state index contributed by atoms with van der Waals surface area (Å²) in [4.78, 5) is 0. The zero-order valence-corrected chi connectivity index (χ0v) is 9.80. The summed E-state index contributed by atoms with van der Waals surface area (Å²) < 4.78 is 0. The quantitative estimate of drug-likeness (QED) is 0.543. The van der Waals surface area contributed by atoms with Gasteiger partial charge >= 0.3 is 0 Å². The Morgan fingerprint density at radius 2 is 1.85 bits per heavy atom. The van der Waals surface area contributed by atoms with Gasteiger partial charge in [0.1, 0.15) is 0 Å². The molecule has 1 atom stereocenters. The Morgan fingerprint density at radius 3 is 2.23 bits per heavy atom. The summed E-state index contributed by atoms with van der Waals surface area (Å²) in [5.41, 5.74) is 1.58. The third-order valence-corrected chi connectivity index (χ3v) is 2.53. The second-order valence-electron chi connectivity index (χ2n) is 4.14. The molecule has 0 saturated carbocycles. The van der Waals surface area contributed by atoms with Crippen molar-refractivity contribution in [1.29, 1.82) is 0 Å². The van der Waals surface area contributed by atoms with Crippen molar-refractivity contribution < 1.29 is 0 Å². The highest BCUT2D eigenvalue weighted by molar-refractivity contribution is 5.14. The molecule has 0 aromatic heterocycles. The molecule has 0 heterocycles. The van der Waals surface area contributed by atoms with Crippen molar-refractivity contribution in [3.63, 3.8) is 0 Å². The first-order valence-corrected chi connectivity index (χ1v) is 5.43. The van der Waals surface area contributed by atoms with Gasteiger partial charge in [-0.1, -0.05) is 57.9 Å². The zero-order chi connectivity index (χ0) is 10.3. The minimum Gasteiger partial charge on any atom is -0.0877 e. The highest BCUT2D eigenvalue weighted by Gasteiger charge is 2.06. The molecule has 76 valence electrons. The van der Waals surface area contributed by atoms with Gasteiger partial charge in [-0.05, 0) is 25.2 Å². The molecule has 0 saturated heterocycles. The topological polar surface area (TPSA) is 0 Å². The van der Waals surface area contributed by atoms with Crippen molar-refractivity contribution in [3.05, 3.63) is 23.8 Å². The summed E-state index contributed by atoms with van der Waals surface area (Å²) in [5.74, 6) is 1.50. The lowest BCUT2D eigenvalue weighted by Crippen LogP contribution is -2.00. The summed E-state index contributed by atoms with van der Waals surface area (Å²) in [6.45, 7) is 11.2. The summed E-state index contributed by atoms with van der Waals surface area (Å²) >= 11 is 0. The van der Waals surface area contributed by atoms with E-state index in [1.165, 1.54) is 12.8 Å². The Balaban J connectivity index is 4.26. The molecule has 0 bridgehead atoms. The number of hydrogen-bond donors (Lipinski definition) is 0. The second kappa shape index (κ2) is 6.94. The minimum absolute atomic E-state index is 0.685. The Hall–Kier alpha value is -0.520. The molecule has 0 nitrogen and oxygen atoms in total. The van der Waals surface area contributed by atoms with Gasteiger partial charge in [-0.3, -0.25) is 0 Å². The van der Waals surface area contributed by atoms with Crippen LogP contribution < -0.4 is 0 Å². The summed E-state index contributed by atoms with van der Waals surface area (Å²) in [7, 11) is 0. The average Bonchev–Trinajstić information content (AvgIpc) is 2.11. The predicted molar refractivity (Wildman–Crippen MR) is 61.8 cm³/mol. The molecule has 0 N–H and O–H groups in total. The third kappa shape index (κ3) is 5.68. The van der Waals surface area contributed by atoms with Crippen LogP contribution in [0, 0.1) is 11.8 Å². The summed E-state index contributed by atoms with van der Waals surface area (Å²) in [6, 6.07) is 0. The molecular formula is C13H24. The third-order valence-electron chi connectivity index (χ3n) is 2.53. The maximum absolute atomic E-state index is 2.33. The molecule has 0 aromatic carbocycles. The van der Waals surface area contributed by atoms with Gasteiger partial charge in [0.05, 0.1) is 0 Å². The van der Waals surface area contributed by atoms with Crippen LogP contribution in [0.1, 0.15) is 47.5 Å². The fourth-order valence-corrected chi connectivity index (χ4v) is 1.26. The first-order valence-electron chi connectivity index (χ1n) is 5.43. The predicted octanol–water partition coefficient (Wildman–Crippen LogP) is 4.58. The van der Waals surface area contributed by atoms with E-state index < -0.39 is 0 Å². The van der Waals surface area contributed by atoms with Crippen molar-refractivity contribution in [2.75, 3.05) is 0 Å². The summed E-state index contributed by atoms with van der Waals surface area (Å²) in [6.07, 6.45) is 9.05. The lowest BCUT2D eigenvalue weighted by atomic mass is 9.91. The van der Waals surface area contributed by atoms with Crippen LogP contribution in [0.4, 0.5) is 0 Å². The maximum Gasteiger partial charge on any atom is -0.0257 e. The van der Waals surface area contributed by atoms with Gasteiger partial charge in [0, 0.05) is 0 Å². The highest BCUT2D eigenvalue weighted by Crippen LogP contribution is 2.21. The SMILES string of the molecule is C/C=C\C=C(\CC(C)CC)C(C)C. The Bertz CT molecular complexity index is 172. The molecule has 0 aromatic rings. The van der Waals surface area contributed by atoms with Crippen LogP contribution in [0.3, 0.4) is 0 Å². The van der Waals surface area contributed by atoms with E-state index in [1.54, 1.807) is 5.57 Å². The van der Waals surface area contributed by atoms with Crippen LogP contribution in [0.15, 0.2) is 23.8 Å². The molecule has 0 heteroatoms. The first-order chi connectivity index (χ1) is 6.11. The number of rotatable bonds is 5. The fraction of sp³-hybridized carbons (Fsp3) is 0.692. The zero-order valence-electron chi connectivity index (χ0n) is 9.80. The van der Waals surface area contributed by atoms with E-state index in [-0.39, 0.29) is 0 Å². The Labute approximate surface area is 83.7 Å². The molecule has 0 aliphatic heterocycles. The lowest BCUT2D eigenvalue weighted by molar-refractivity contribution is 0.526. The second-order valence-corrected chi connectivity index (χ2v) is 4.14. The van der Waals surface area contributed by atoms with Gasteiger partial charge in [0.25, 0.3) is 0 Å². The van der Waals surface area contributed by atoms with Gasteiger partial charge in [-0.15, -0.1) is 0 Å². The fourth-order valence-electron chi connectivity index (χ4n) is 1.26.